The van der Waals surface area contributed by atoms with E-state index in [0.29, 0.717) is 25.2 Å². The molecule has 2 aromatic rings. The van der Waals surface area contributed by atoms with Gasteiger partial charge in [0.1, 0.15) is 0 Å². The van der Waals surface area contributed by atoms with Gasteiger partial charge in [0.05, 0.1) is 30.2 Å². The minimum atomic E-state index is -0.374. The van der Waals surface area contributed by atoms with Crippen LogP contribution in [-0.2, 0) is 17.2 Å². The molecule has 0 amide bonds. The monoisotopic (exact) mass is 244 g/mol. The second kappa shape index (κ2) is 3.72. The number of fused-ring (bicyclic) bond motifs is 1. The van der Waals surface area contributed by atoms with Gasteiger partial charge in [-0.25, -0.2) is 4.79 Å². The number of rotatable bonds is 2. The molecule has 0 N–H and O–H groups in total. The van der Waals surface area contributed by atoms with Crippen LogP contribution in [0.15, 0.2) is 27.4 Å². The van der Waals surface area contributed by atoms with E-state index in [0.717, 1.165) is 11.1 Å². The Morgan fingerprint density at radius 3 is 2.89 bits per heavy atom. The predicted molar refractivity (Wildman–Crippen MR) is 64.2 cm³/mol. The molecule has 1 aromatic heterocycles. The van der Waals surface area contributed by atoms with Crippen molar-refractivity contribution in [2.24, 2.45) is 7.05 Å². The van der Waals surface area contributed by atoms with Gasteiger partial charge in [-0.05, 0) is 17.7 Å². The lowest BCUT2D eigenvalue weighted by molar-refractivity contribution is -0.0576. The van der Waals surface area contributed by atoms with Crippen LogP contribution in [-0.4, -0.2) is 17.8 Å². The molecular formula is C13H12N2O3. The van der Waals surface area contributed by atoms with Gasteiger partial charge in [0, 0.05) is 13.5 Å². The highest BCUT2D eigenvalue weighted by molar-refractivity contribution is 5.74. The lowest BCUT2D eigenvalue weighted by Gasteiger charge is -2.40. The lowest BCUT2D eigenvalue weighted by atomic mass is 9.76. The summed E-state index contributed by atoms with van der Waals surface area (Å²) in [7, 11) is 1.67. The highest BCUT2D eigenvalue weighted by atomic mass is 16.5. The zero-order valence-corrected chi connectivity index (χ0v) is 9.97. The van der Waals surface area contributed by atoms with Crippen LogP contribution in [0, 0.1) is 11.3 Å². The lowest BCUT2D eigenvalue weighted by Crippen LogP contribution is -2.46. The Balaban J connectivity index is 2.16. The van der Waals surface area contributed by atoms with E-state index in [1.807, 2.05) is 12.1 Å². The highest BCUT2D eigenvalue weighted by Gasteiger charge is 2.40. The average Bonchev–Trinajstić information content (AvgIpc) is 2.60. The van der Waals surface area contributed by atoms with Crippen molar-refractivity contribution in [2.45, 2.75) is 11.8 Å². The fourth-order valence-corrected chi connectivity index (χ4v) is 2.33. The number of nitriles is 1. The Labute approximate surface area is 103 Å². The summed E-state index contributed by atoms with van der Waals surface area (Å²) in [6.07, 6.45) is 0.421. The number of oxazole rings is 1. The molecule has 0 aliphatic carbocycles. The quantitative estimate of drug-likeness (QED) is 0.798. The zero-order valence-electron chi connectivity index (χ0n) is 9.97. The summed E-state index contributed by atoms with van der Waals surface area (Å²) < 4.78 is 11.8. The first kappa shape index (κ1) is 11.1. The van der Waals surface area contributed by atoms with Gasteiger partial charge < -0.3 is 9.15 Å². The number of aryl methyl sites for hydroxylation is 1. The van der Waals surface area contributed by atoms with E-state index in [9.17, 15) is 4.79 Å². The molecule has 1 aromatic carbocycles. The molecule has 1 saturated heterocycles. The third-order valence-corrected chi connectivity index (χ3v) is 3.58. The third-order valence-electron chi connectivity index (χ3n) is 3.58. The van der Waals surface area contributed by atoms with E-state index in [1.54, 1.807) is 13.1 Å². The summed E-state index contributed by atoms with van der Waals surface area (Å²) in [5, 5.41) is 8.92. The molecule has 0 bridgehead atoms. The van der Waals surface area contributed by atoms with Gasteiger partial charge in [-0.3, -0.25) is 4.57 Å². The number of hydrogen-bond acceptors (Lipinski definition) is 4. The van der Waals surface area contributed by atoms with Crippen LogP contribution < -0.4 is 5.76 Å². The molecule has 92 valence electrons. The van der Waals surface area contributed by atoms with Crippen molar-refractivity contribution in [3.8, 4) is 6.07 Å². The van der Waals surface area contributed by atoms with Crippen LogP contribution >= 0.6 is 0 Å². The Morgan fingerprint density at radius 2 is 2.28 bits per heavy atom. The third kappa shape index (κ3) is 1.39. The summed E-state index contributed by atoms with van der Waals surface area (Å²) in [6.45, 7) is 1.11. The zero-order chi connectivity index (χ0) is 12.8. The van der Waals surface area contributed by atoms with Gasteiger partial charge >= 0.3 is 5.76 Å². The van der Waals surface area contributed by atoms with E-state index in [2.05, 4.69) is 6.07 Å². The Bertz CT molecular complexity index is 701. The normalized spacial score (nSPS) is 17.3. The van der Waals surface area contributed by atoms with Crippen LogP contribution in [0.2, 0.25) is 0 Å². The Kier molecular flexibility index (Phi) is 2.28. The van der Waals surface area contributed by atoms with Crippen LogP contribution in [0.1, 0.15) is 12.0 Å². The van der Waals surface area contributed by atoms with Crippen molar-refractivity contribution < 1.29 is 9.15 Å². The van der Waals surface area contributed by atoms with Gasteiger partial charge in [-0.1, -0.05) is 6.07 Å². The first-order chi connectivity index (χ1) is 8.66. The molecule has 5 heteroatoms. The van der Waals surface area contributed by atoms with Gasteiger partial charge in [0.15, 0.2) is 5.58 Å². The smallest absolute Gasteiger partial charge is 0.408 e. The van der Waals surface area contributed by atoms with Crippen LogP contribution in [0.4, 0.5) is 0 Å². The van der Waals surface area contributed by atoms with E-state index in [4.69, 9.17) is 14.4 Å². The van der Waals surface area contributed by atoms with Gasteiger partial charge in [-0.2, -0.15) is 5.26 Å². The highest BCUT2D eigenvalue weighted by Crippen LogP contribution is 2.36. The van der Waals surface area contributed by atoms with Crippen molar-refractivity contribution in [1.29, 1.82) is 5.26 Å². The number of nitrogens with zero attached hydrogens (tertiary/aromatic N) is 2. The molecular weight excluding hydrogens is 232 g/mol. The molecule has 0 spiro atoms. The Hall–Kier alpha value is -2.06. The maximum atomic E-state index is 11.4. The molecule has 0 saturated carbocycles. The number of benzene rings is 1. The van der Waals surface area contributed by atoms with Crippen LogP contribution in [0.5, 0.6) is 0 Å². The summed E-state index contributed by atoms with van der Waals surface area (Å²) in [4.78, 5) is 11.4. The number of aromatic nitrogens is 1. The van der Waals surface area contributed by atoms with E-state index < -0.39 is 0 Å². The molecule has 0 unspecified atom stereocenters. The molecule has 18 heavy (non-hydrogen) atoms. The predicted octanol–water partition coefficient (Wildman–Crippen LogP) is 1.31. The Morgan fingerprint density at radius 1 is 1.50 bits per heavy atom. The standard InChI is InChI=1S/C13H12N2O3/c1-15-10-6-9(2-3-11(10)18-12(15)16)13(4-5-14)7-17-8-13/h2-3,6H,4,7-8H2,1H3. The minimum absolute atomic E-state index is 0.226. The van der Waals surface area contributed by atoms with Crippen LogP contribution in [0.25, 0.3) is 11.1 Å². The minimum Gasteiger partial charge on any atom is -0.408 e. The fourth-order valence-electron chi connectivity index (χ4n) is 2.33. The van der Waals surface area contributed by atoms with Gasteiger partial charge in [0.2, 0.25) is 0 Å². The molecule has 0 atom stereocenters. The second-order valence-electron chi connectivity index (χ2n) is 4.72. The average molecular weight is 244 g/mol. The molecule has 1 fully saturated rings. The molecule has 5 nitrogen and oxygen atoms in total. The summed E-state index contributed by atoms with van der Waals surface area (Å²) in [5.74, 6) is -0.374. The second-order valence-corrected chi connectivity index (χ2v) is 4.72. The molecule has 2 heterocycles. The first-order valence-corrected chi connectivity index (χ1v) is 5.71. The molecule has 1 aliphatic heterocycles. The number of hydrogen-bond donors (Lipinski definition) is 0. The van der Waals surface area contributed by atoms with Crippen molar-refractivity contribution in [3.05, 3.63) is 34.3 Å². The van der Waals surface area contributed by atoms with E-state index in [-0.39, 0.29) is 11.2 Å². The SMILES string of the molecule is Cn1c(=O)oc2ccc(C3(CC#N)COC3)cc21. The topological polar surface area (TPSA) is 68.2 Å². The summed E-state index contributed by atoms with van der Waals surface area (Å²) >= 11 is 0. The largest absolute Gasteiger partial charge is 0.419 e. The first-order valence-electron chi connectivity index (χ1n) is 5.71. The maximum absolute atomic E-state index is 11.4. The van der Waals surface area contributed by atoms with E-state index in [1.165, 1.54) is 4.57 Å². The van der Waals surface area contributed by atoms with Crippen LogP contribution in [0.3, 0.4) is 0 Å². The molecule has 1 aliphatic rings. The number of ether oxygens (including phenoxy) is 1. The van der Waals surface area contributed by atoms with Crippen molar-refractivity contribution in [3.63, 3.8) is 0 Å². The maximum Gasteiger partial charge on any atom is 0.419 e. The van der Waals surface area contributed by atoms with Gasteiger partial charge in [0.25, 0.3) is 0 Å². The van der Waals surface area contributed by atoms with Gasteiger partial charge in [-0.15, -0.1) is 0 Å². The fraction of sp³-hybridized carbons (Fsp3) is 0.385. The molecule has 3 rings (SSSR count). The summed E-state index contributed by atoms with van der Waals surface area (Å²) in [5.41, 5.74) is 2.12. The van der Waals surface area contributed by atoms with Crippen molar-refractivity contribution >= 4 is 11.1 Å². The van der Waals surface area contributed by atoms with Crippen molar-refractivity contribution in [2.75, 3.05) is 13.2 Å². The van der Waals surface area contributed by atoms with Crippen molar-refractivity contribution in [1.82, 2.24) is 4.57 Å². The summed E-state index contributed by atoms with van der Waals surface area (Å²) in [6, 6.07) is 7.81. The molecule has 0 radical (unpaired) electrons. The van der Waals surface area contributed by atoms with E-state index >= 15 is 0 Å².